The third kappa shape index (κ3) is 3.68. The Bertz CT molecular complexity index is 517. The molecule has 0 saturated carbocycles. The van der Waals surface area contributed by atoms with Crippen molar-refractivity contribution in [2.24, 2.45) is 0 Å². The van der Waals surface area contributed by atoms with E-state index in [0.717, 1.165) is 6.07 Å². The summed E-state index contributed by atoms with van der Waals surface area (Å²) in [6.07, 6.45) is 1.22. The van der Waals surface area contributed by atoms with E-state index in [-0.39, 0.29) is 30.6 Å². The molecule has 0 aromatic heterocycles. The molecule has 0 radical (unpaired) electrons. The molecule has 1 aliphatic rings. The van der Waals surface area contributed by atoms with Crippen LogP contribution in [0.3, 0.4) is 0 Å². The lowest BCUT2D eigenvalue weighted by atomic mass is 10.1. The van der Waals surface area contributed by atoms with Gasteiger partial charge >= 0.3 is 0 Å². The summed E-state index contributed by atoms with van der Waals surface area (Å²) in [6.45, 7) is 1.07. The minimum absolute atomic E-state index is 0.00988. The number of aliphatic hydroxyl groups excluding tert-OH is 1. The fourth-order valence-corrected chi connectivity index (χ4v) is 2.34. The number of piperidine rings is 1. The summed E-state index contributed by atoms with van der Waals surface area (Å²) in [6, 6.07) is 1.65. The molecule has 7 heteroatoms. The lowest BCUT2D eigenvalue weighted by molar-refractivity contribution is -0.00561. The van der Waals surface area contributed by atoms with Gasteiger partial charge in [-0.3, -0.25) is 4.79 Å². The minimum atomic E-state index is -0.912. The van der Waals surface area contributed by atoms with Crippen LogP contribution in [-0.4, -0.2) is 48.3 Å². The van der Waals surface area contributed by atoms with Crippen molar-refractivity contribution in [1.82, 2.24) is 4.90 Å². The number of ether oxygens (including phenoxy) is 1. The third-order valence-electron chi connectivity index (χ3n) is 3.49. The van der Waals surface area contributed by atoms with Gasteiger partial charge in [-0.1, -0.05) is 0 Å². The molecule has 1 saturated heterocycles. The number of hydrogen-bond donors (Lipinski definition) is 2. The number of likely N-dealkylation sites (tertiary alicyclic amines) is 1. The zero-order chi connectivity index (χ0) is 15.4. The van der Waals surface area contributed by atoms with E-state index in [9.17, 15) is 13.6 Å². The number of hydrogen-bond acceptors (Lipinski definition) is 4. The molecule has 21 heavy (non-hydrogen) atoms. The van der Waals surface area contributed by atoms with Gasteiger partial charge in [0.1, 0.15) is 11.6 Å². The molecule has 1 aromatic rings. The summed E-state index contributed by atoms with van der Waals surface area (Å²) in [5, 5.41) is 8.69. The van der Waals surface area contributed by atoms with E-state index >= 15 is 0 Å². The average Bonchev–Trinajstić information content (AvgIpc) is 2.48. The highest BCUT2D eigenvalue weighted by Gasteiger charge is 2.26. The predicted molar refractivity (Wildman–Crippen MR) is 72.7 cm³/mol. The maximum Gasteiger partial charge on any atom is 0.256 e. The Morgan fingerprint density at radius 1 is 1.33 bits per heavy atom. The van der Waals surface area contributed by atoms with Gasteiger partial charge in [0, 0.05) is 19.2 Å². The first-order valence-electron chi connectivity index (χ1n) is 6.79. The number of rotatable bonds is 4. The fraction of sp³-hybridized carbons (Fsp3) is 0.500. The summed E-state index contributed by atoms with van der Waals surface area (Å²) >= 11 is 0. The normalized spacial score (nSPS) is 16.2. The Morgan fingerprint density at radius 2 is 2.00 bits per heavy atom. The van der Waals surface area contributed by atoms with Crippen LogP contribution in [-0.2, 0) is 4.74 Å². The van der Waals surface area contributed by atoms with Crippen LogP contribution in [0.1, 0.15) is 23.2 Å². The second kappa shape index (κ2) is 6.82. The lowest BCUT2D eigenvalue weighted by Crippen LogP contribution is -2.41. The predicted octanol–water partition coefficient (Wildman–Crippen LogP) is 1.16. The number of carbonyl (C=O) groups is 1. The smallest absolute Gasteiger partial charge is 0.256 e. The van der Waals surface area contributed by atoms with Gasteiger partial charge < -0.3 is 20.5 Å². The van der Waals surface area contributed by atoms with E-state index in [1.165, 1.54) is 4.90 Å². The van der Waals surface area contributed by atoms with Crippen LogP contribution in [0.2, 0.25) is 0 Å². The van der Waals surface area contributed by atoms with Crippen LogP contribution < -0.4 is 5.73 Å². The van der Waals surface area contributed by atoms with Crippen molar-refractivity contribution in [1.29, 1.82) is 0 Å². The van der Waals surface area contributed by atoms with Crippen LogP contribution in [0.4, 0.5) is 14.5 Å². The molecule has 116 valence electrons. The molecule has 1 fully saturated rings. The highest BCUT2D eigenvalue weighted by atomic mass is 19.1. The second-order valence-electron chi connectivity index (χ2n) is 4.94. The standard InChI is InChI=1S/C14H18F2N2O3/c15-11-8-12(16)13(17)7-10(11)14(20)18-3-1-9(2-4-18)21-6-5-19/h7-9,19H,1-6,17H2. The molecule has 0 spiro atoms. The van der Waals surface area contributed by atoms with Crippen LogP contribution in [0.25, 0.3) is 0 Å². The highest BCUT2D eigenvalue weighted by molar-refractivity contribution is 5.95. The summed E-state index contributed by atoms with van der Waals surface area (Å²) in [7, 11) is 0. The molecular formula is C14H18F2N2O3. The number of nitrogen functional groups attached to an aromatic ring is 1. The zero-order valence-electron chi connectivity index (χ0n) is 11.5. The molecule has 0 unspecified atom stereocenters. The van der Waals surface area contributed by atoms with Crippen molar-refractivity contribution in [3.8, 4) is 0 Å². The van der Waals surface area contributed by atoms with E-state index in [1.54, 1.807) is 0 Å². The SMILES string of the molecule is Nc1cc(C(=O)N2CCC(OCCO)CC2)c(F)cc1F. The number of nitrogens with two attached hydrogens (primary N) is 1. The lowest BCUT2D eigenvalue weighted by Gasteiger charge is -2.32. The van der Waals surface area contributed by atoms with Crippen molar-refractivity contribution in [2.45, 2.75) is 18.9 Å². The first-order chi connectivity index (χ1) is 10.0. The number of amides is 1. The molecule has 1 heterocycles. The Hall–Kier alpha value is -1.73. The van der Waals surface area contributed by atoms with E-state index in [1.807, 2.05) is 0 Å². The second-order valence-corrected chi connectivity index (χ2v) is 4.94. The number of nitrogens with zero attached hydrogens (tertiary/aromatic N) is 1. The van der Waals surface area contributed by atoms with Gasteiger partial charge in [0.2, 0.25) is 0 Å². The molecule has 1 aromatic carbocycles. The van der Waals surface area contributed by atoms with Gasteiger partial charge in [0.05, 0.1) is 30.6 Å². The zero-order valence-corrected chi connectivity index (χ0v) is 11.5. The molecule has 5 nitrogen and oxygen atoms in total. The first kappa shape index (κ1) is 15.7. The molecule has 0 bridgehead atoms. The fourth-order valence-electron chi connectivity index (χ4n) is 2.34. The number of benzene rings is 1. The number of halogens is 2. The van der Waals surface area contributed by atoms with E-state index in [4.69, 9.17) is 15.6 Å². The van der Waals surface area contributed by atoms with Gasteiger partial charge in [-0.25, -0.2) is 8.78 Å². The van der Waals surface area contributed by atoms with Gasteiger partial charge in [0.15, 0.2) is 0 Å². The van der Waals surface area contributed by atoms with Crippen molar-refractivity contribution in [2.75, 3.05) is 32.0 Å². The van der Waals surface area contributed by atoms with E-state index < -0.39 is 17.5 Å². The van der Waals surface area contributed by atoms with Crippen LogP contribution in [0, 0.1) is 11.6 Å². The monoisotopic (exact) mass is 300 g/mol. The summed E-state index contributed by atoms with van der Waals surface area (Å²) in [4.78, 5) is 13.7. The topological polar surface area (TPSA) is 75.8 Å². The third-order valence-corrected chi connectivity index (χ3v) is 3.49. The average molecular weight is 300 g/mol. The quantitative estimate of drug-likeness (QED) is 0.818. The Balaban J connectivity index is 2.00. The summed E-state index contributed by atoms with van der Waals surface area (Å²) < 4.78 is 32.2. The highest BCUT2D eigenvalue weighted by Crippen LogP contribution is 2.21. The van der Waals surface area contributed by atoms with Crippen molar-refractivity contribution in [3.63, 3.8) is 0 Å². The molecule has 2 rings (SSSR count). The minimum Gasteiger partial charge on any atom is -0.396 e. The molecular weight excluding hydrogens is 282 g/mol. The summed E-state index contributed by atoms with van der Waals surface area (Å²) in [5.41, 5.74) is 4.91. The maximum atomic E-state index is 13.7. The largest absolute Gasteiger partial charge is 0.396 e. The first-order valence-corrected chi connectivity index (χ1v) is 6.79. The Labute approximate surface area is 121 Å². The van der Waals surface area contributed by atoms with E-state index in [2.05, 4.69) is 0 Å². The van der Waals surface area contributed by atoms with Crippen LogP contribution >= 0.6 is 0 Å². The van der Waals surface area contributed by atoms with Gasteiger partial charge in [0.25, 0.3) is 5.91 Å². The van der Waals surface area contributed by atoms with Gasteiger partial charge in [-0.2, -0.15) is 0 Å². The Morgan fingerprint density at radius 3 is 2.62 bits per heavy atom. The van der Waals surface area contributed by atoms with Crippen molar-refractivity contribution in [3.05, 3.63) is 29.3 Å². The number of carbonyl (C=O) groups excluding carboxylic acids is 1. The molecule has 0 atom stereocenters. The molecule has 3 N–H and O–H groups in total. The maximum absolute atomic E-state index is 13.7. The van der Waals surface area contributed by atoms with Gasteiger partial charge in [-0.05, 0) is 18.9 Å². The number of aliphatic hydroxyl groups is 1. The van der Waals surface area contributed by atoms with Crippen LogP contribution in [0.15, 0.2) is 12.1 Å². The van der Waals surface area contributed by atoms with Crippen LogP contribution in [0.5, 0.6) is 0 Å². The van der Waals surface area contributed by atoms with Crippen molar-refractivity contribution < 1.29 is 23.4 Å². The van der Waals surface area contributed by atoms with Crippen molar-refractivity contribution >= 4 is 11.6 Å². The Kier molecular flexibility index (Phi) is 5.08. The summed E-state index contributed by atoms with van der Waals surface area (Å²) in [5.74, 6) is -2.29. The van der Waals surface area contributed by atoms with Gasteiger partial charge in [-0.15, -0.1) is 0 Å². The molecule has 1 aliphatic heterocycles. The molecule has 0 aliphatic carbocycles. The van der Waals surface area contributed by atoms with E-state index in [0.29, 0.717) is 32.0 Å². The number of anilines is 1. The molecule has 1 amide bonds.